The SMILES string of the molecule is Cc1[nH]c(/C=C2\C(=O)Nc3ccc(F)cc32)c(C)c1OC(=O)N[C@H]1CCN(N(C)C)C12C(=O)C2=O. The number of H-pyrrole nitrogens is 1. The van der Waals surface area contributed by atoms with Crippen LogP contribution >= 0.6 is 0 Å². The number of aryl methyl sites for hydroxylation is 1. The molecule has 1 aromatic heterocycles. The van der Waals surface area contributed by atoms with Crippen molar-refractivity contribution in [1.82, 2.24) is 20.3 Å². The maximum Gasteiger partial charge on any atom is 0.412 e. The van der Waals surface area contributed by atoms with Crippen LogP contribution in [-0.4, -0.2) is 70.8 Å². The van der Waals surface area contributed by atoms with Crippen molar-refractivity contribution >= 4 is 40.9 Å². The first-order chi connectivity index (χ1) is 16.5. The Morgan fingerprint density at radius 3 is 2.63 bits per heavy atom. The summed E-state index contributed by atoms with van der Waals surface area (Å²) in [5.41, 5.74) is 1.50. The van der Waals surface area contributed by atoms with E-state index in [-0.39, 0.29) is 17.2 Å². The van der Waals surface area contributed by atoms with E-state index in [1.54, 1.807) is 44.0 Å². The Hall–Kier alpha value is -3.83. The quantitative estimate of drug-likeness (QED) is 0.346. The Morgan fingerprint density at radius 1 is 1.26 bits per heavy atom. The molecule has 2 fully saturated rings. The molecule has 1 aliphatic carbocycles. The van der Waals surface area contributed by atoms with Crippen molar-refractivity contribution in [3.8, 4) is 5.75 Å². The highest BCUT2D eigenvalue weighted by atomic mass is 19.1. The number of ether oxygens (including phenoxy) is 1. The van der Waals surface area contributed by atoms with Crippen molar-refractivity contribution in [3.05, 3.63) is 46.5 Å². The lowest BCUT2D eigenvalue weighted by Crippen LogP contribution is -2.54. The van der Waals surface area contributed by atoms with Crippen LogP contribution in [0.25, 0.3) is 11.6 Å². The zero-order valence-corrected chi connectivity index (χ0v) is 19.6. The van der Waals surface area contributed by atoms with Crippen LogP contribution in [-0.2, 0) is 14.4 Å². The van der Waals surface area contributed by atoms with E-state index in [1.807, 2.05) is 0 Å². The molecular formula is C24H24FN5O5. The van der Waals surface area contributed by atoms with Gasteiger partial charge in [0, 0.05) is 43.1 Å². The van der Waals surface area contributed by atoms with Crippen molar-refractivity contribution in [3.63, 3.8) is 0 Å². The number of carbonyl (C=O) groups excluding carboxylic acids is 4. The third-order valence-corrected chi connectivity index (χ3v) is 6.81. The zero-order chi connectivity index (χ0) is 25.2. The molecule has 1 spiro atoms. The molecule has 3 N–H and O–H groups in total. The molecule has 10 nitrogen and oxygen atoms in total. The molecule has 182 valence electrons. The number of ketones is 2. The average Bonchev–Trinajstić information content (AvgIpc) is 3.10. The first-order valence-electron chi connectivity index (χ1n) is 11.1. The molecule has 5 rings (SSSR count). The van der Waals surface area contributed by atoms with Crippen molar-refractivity contribution in [2.75, 3.05) is 26.0 Å². The van der Waals surface area contributed by atoms with E-state index in [9.17, 15) is 23.6 Å². The maximum absolute atomic E-state index is 13.7. The van der Waals surface area contributed by atoms with Crippen LogP contribution in [0.15, 0.2) is 18.2 Å². The van der Waals surface area contributed by atoms with E-state index in [1.165, 1.54) is 18.2 Å². The fraction of sp³-hybridized carbons (Fsp3) is 0.333. The van der Waals surface area contributed by atoms with Gasteiger partial charge in [-0.1, -0.05) is 0 Å². The largest absolute Gasteiger partial charge is 0.412 e. The van der Waals surface area contributed by atoms with Gasteiger partial charge in [-0.25, -0.2) is 19.2 Å². The first kappa shape index (κ1) is 22.9. The van der Waals surface area contributed by atoms with Crippen molar-refractivity contribution in [1.29, 1.82) is 0 Å². The van der Waals surface area contributed by atoms with Crippen LogP contribution in [0.2, 0.25) is 0 Å². The summed E-state index contributed by atoms with van der Waals surface area (Å²) in [5.74, 6) is -1.62. The third kappa shape index (κ3) is 3.38. The summed E-state index contributed by atoms with van der Waals surface area (Å²) >= 11 is 0. The van der Waals surface area contributed by atoms with Crippen molar-refractivity contribution in [2.24, 2.45) is 0 Å². The first-order valence-corrected chi connectivity index (χ1v) is 11.1. The normalized spacial score (nSPS) is 21.7. The van der Waals surface area contributed by atoms with E-state index < -0.39 is 35.1 Å². The lowest BCUT2D eigenvalue weighted by molar-refractivity contribution is -0.122. The van der Waals surface area contributed by atoms with E-state index in [0.717, 1.165) is 0 Å². The fourth-order valence-corrected chi connectivity index (χ4v) is 5.07. The van der Waals surface area contributed by atoms with E-state index in [2.05, 4.69) is 15.6 Å². The number of aromatic nitrogens is 1. The monoisotopic (exact) mass is 481 g/mol. The number of fused-ring (bicyclic) bond motifs is 1. The molecule has 1 saturated heterocycles. The van der Waals surface area contributed by atoms with Gasteiger partial charge in [-0.2, -0.15) is 0 Å². The summed E-state index contributed by atoms with van der Waals surface area (Å²) < 4.78 is 19.3. The van der Waals surface area contributed by atoms with Gasteiger partial charge >= 0.3 is 6.09 Å². The number of hydrazine groups is 1. The summed E-state index contributed by atoms with van der Waals surface area (Å²) in [7, 11) is 3.47. The Morgan fingerprint density at radius 2 is 1.97 bits per heavy atom. The Balaban J connectivity index is 1.37. The standard InChI is InChI=1S/C24H24FN5O5/c1-11-17(10-15-14-9-13(25)5-6-16(14)27-22(15)33)26-12(2)19(11)35-23(34)28-18-7-8-30(29(3)4)24(18)20(31)21(24)32/h5-6,9-10,18,26H,7-8H2,1-4H3,(H,27,33)(H,28,34)/b15-10-/t18-/m0/s1. The van der Waals surface area contributed by atoms with E-state index in [4.69, 9.17) is 4.74 Å². The molecule has 0 radical (unpaired) electrons. The third-order valence-electron chi connectivity index (χ3n) is 6.81. The zero-order valence-electron chi connectivity index (χ0n) is 19.6. The number of amides is 2. The molecule has 2 amide bonds. The average molecular weight is 481 g/mol. The highest BCUT2D eigenvalue weighted by Crippen LogP contribution is 2.43. The molecule has 1 aromatic carbocycles. The highest BCUT2D eigenvalue weighted by molar-refractivity contribution is 6.67. The van der Waals surface area contributed by atoms with Crippen LogP contribution in [0, 0.1) is 19.7 Å². The number of rotatable bonds is 4. The molecule has 0 bridgehead atoms. The van der Waals surface area contributed by atoms with Crippen molar-refractivity contribution in [2.45, 2.75) is 31.8 Å². The summed E-state index contributed by atoms with van der Waals surface area (Å²) in [4.78, 5) is 52.8. The Bertz CT molecular complexity index is 1330. The molecule has 35 heavy (non-hydrogen) atoms. The minimum absolute atomic E-state index is 0.261. The molecule has 2 aliphatic heterocycles. The van der Waals surface area contributed by atoms with Gasteiger partial charge in [0.15, 0.2) is 11.3 Å². The smallest absolute Gasteiger partial charge is 0.408 e. The predicted molar refractivity (Wildman–Crippen MR) is 124 cm³/mol. The van der Waals surface area contributed by atoms with Gasteiger partial charge in [-0.3, -0.25) is 14.4 Å². The second-order valence-electron chi connectivity index (χ2n) is 9.09. The number of nitrogens with one attached hydrogen (secondary N) is 3. The summed E-state index contributed by atoms with van der Waals surface area (Å²) in [6.45, 7) is 3.87. The number of carbonyl (C=O) groups is 4. The minimum Gasteiger partial charge on any atom is -0.408 e. The summed E-state index contributed by atoms with van der Waals surface area (Å²) in [6.07, 6.45) is 1.20. The van der Waals surface area contributed by atoms with Crippen molar-refractivity contribution < 1.29 is 28.3 Å². The molecular weight excluding hydrogens is 457 g/mol. The van der Waals surface area contributed by atoms with Gasteiger partial charge in [-0.15, -0.1) is 0 Å². The topological polar surface area (TPSA) is 124 Å². The Labute approximate surface area is 200 Å². The molecule has 3 aliphatic rings. The second-order valence-corrected chi connectivity index (χ2v) is 9.09. The Kier molecular flexibility index (Phi) is 5.15. The second kappa shape index (κ2) is 7.85. The molecule has 2 aromatic rings. The number of halogens is 1. The molecule has 11 heteroatoms. The molecule has 1 atom stereocenters. The maximum atomic E-state index is 13.7. The number of hydrogen-bond acceptors (Lipinski definition) is 7. The van der Waals surface area contributed by atoms with Gasteiger partial charge < -0.3 is 20.4 Å². The van der Waals surface area contributed by atoms with E-state index in [0.29, 0.717) is 41.2 Å². The fourth-order valence-electron chi connectivity index (χ4n) is 5.07. The lowest BCUT2D eigenvalue weighted by Gasteiger charge is -2.29. The lowest BCUT2D eigenvalue weighted by atomic mass is 10.0. The van der Waals surface area contributed by atoms with Crippen LogP contribution < -0.4 is 15.4 Å². The van der Waals surface area contributed by atoms with Crippen LogP contribution in [0.3, 0.4) is 0 Å². The number of benzene rings is 1. The minimum atomic E-state index is -1.36. The van der Waals surface area contributed by atoms with Gasteiger partial charge in [0.1, 0.15) is 5.82 Å². The van der Waals surface area contributed by atoms with Crippen LogP contribution in [0.4, 0.5) is 14.9 Å². The predicted octanol–water partition coefficient (Wildman–Crippen LogP) is 1.79. The van der Waals surface area contributed by atoms with Crippen LogP contribution in [0.1, 0.15) is 28.9 Å². The molecule has 0 unspecified atom stereocenters. The number of aromatic amines is 1. The highest BCUT2D eigenvalue weighted by Gasteiger charge is 2.76. The molecule has 1 saturated carbocycles. The van der Waals surface area contributed by atoms with Crippen LogP contribution in [0.5, 0.6) is 5.75 Å². The van der Waals surface area contributed by atoms with Gasteiger partial charge in [0.25, 0.3) is 5.91 Å². The van der Waals surface area contributed by atoms with Gasteiger partial charge in [0.05, 0.1) is 17.3 Å². The number of Topliss-reactive ketones (excluding diaryl/α,β-unsaturated/α-hetero) is 2. The number of hydrogen-bond donors (Lipinski definition) is 3. The van der Waals surface area contributed by atoms with Gasteiger partial charge in [-0.05, 0) is 44.5 Å². The van der Waals surface area contributed by atoms with Gasteiger partial charge in [0.2, 0.25) is 11.6 Å². The summed E-state index contributed by atoms with van der Waals surface area (Å²) in [5, 5.41) is 8.72. The molecule has 3 heterocycles. The number of nitrogens with zero attached hydrogens (tertiary/aromatic N) is 2. The summed E-state index contributed by atoms with van der Waals surface area (Å²) in [6, 6.07) is 3.35. The number of anilines is 1. The van der Waals surface area contributed by atoms with E-state index >= 15 is 0 Å².